The third-order valence-electron chi connectivity index (χ3n) is 3.59. The molecule has 1 amide bonds. The fourth-order valence-electron chi connectivity index (χ4n) is 2.27. The third kappa shape index (κ3) is 5.90. The van der Waals surface area contributed by atoms with Crippen LogP contribution in [0.3, 0.4) is 0 Å². The Hall–Kier alpha value is -2.72. The van der Waals surface area contributed by atoms with Gasteiger partial charge in [-0.15, -0.1) is 0 Å². The number of hydrogen-bond donors (Lipinski definition) is 2. The van der Waals surface area contributed by atoms with Gasteiger partial charge < -0.3 is 14.8 Å². The number of sulfonamides is 1. The van der Waals surface area contributed by atoms with Gasteiger partial charge in [0.15, 0.2) is 11.5 Å². The van der Waals surface area contributed by atoms with Gasteiger partial charge in [0.1, 0.15) is 0 Å². The smallest absolute Gasteiger partial charge is 0.387 e. The number of ether oxygens (including phenoxy) is 2. The highest BCUT2D eigenvalue weighted by molar-refractivity contribution is 7.89. The summed E-state index contributed by atoms with van der Waals surface area (Å²) in [7, 11) is -2.47. The van der Waals surface area contributed by atoms with Crippen molar-refractivity contribution >= 4 is 15.9 Å². The number of carbonyl (C=O) groups excluding carboxylic acids is 1. The van der Waals surface area contributed by atoms with E-state index in [1.165, 1.54) is 37.4 Å². The largest absolute Gasteiger partial charge is 0.493 e. The molecule has 0 bridgehead atoms. The average Bonchev–Trinajstić information content (AvgIpc) is 2.61. The minimum atomic E-state index is -3.75. The molecule has 0 aliphatic carbocycles. The SMILES string of the molecule is COc1cc(C(=O)NCCc2ccc(S(N)(=O)=O)cc2)ccc1OC(F)F. The maximum absolute atomic E-state index is 12.3. The van der Waals surface area contributed by atoms with E-state index in [-0.39, 0.29) is 28.5 Å². The van der Waals surface area contributed by atoms with Crippen LogP contribution in [0.15, 0.2) is 47.4 Å². The molecule has 0 saturated heterocycles. The minimum absolute atomic E-state index is 0.00786. The molecule has 0 aliphatic heterocycles. The van der Waals surface area contributed by atoms with Gasteiger partial charge in [0.05, 0.1) is 12.0 Å². The molecule has 2 aromatic carbocycles. The number of alkyl halides is 2. The molecular formula is C17H18F2N2O5S. The van der Waals surface area contributed by atoms with Crippen molar-refractivity contribution in [3.8, 4) is 11.5 Å². The number of halogens is 2. The standard InChI is InChI=1S/C17H18F2N2O5S/c1-25-15-10-12(4-7-14(15)26-17(18)19)16(22)21-9-8-11-2-5-13(6-3-11)27(20,23)24/h2-7,10,17H,8-9H2,1H3,(H,21,22)(H2,20,23,24). The van der Waals surface area contributed by atoms with Crippen molar-refractivity contribution in [2.75, 3.05) is 13.7 Å². The number of carbonyl (C=O) groups is 1. The molecule has 0 radical (unpaired) electrons. The molecule has 0 aromatic heterocycles. The lowest BCUT2D eigenvalue weighted by Crippen LogP contribution is -2.25. The molecule has 10 heteroatoms. The molecule has 7 nitrogen and oxygen atoms in total. The second-order valence-corrected chi connectivity index (χ2v) is 7.00. The van der Waals surface area contributed by atoms with E-state index in [1.807, 2.05) is 0 Å². The quantitative estimate of drug-likeness (QED) is 0.704. The molecule has 0 atom stereocenters. The van der Waals surface area contributed by atoms with Crippen LogP contribution in [0.5, 0.6) is 11.5 Å². The summed E-state index contributed by atoms with van der Waals surface area (Å²) in [6.07, 6.45) is 0.459. The van der Waals surface area contributed by atoms with E-state index in [2.05, 4.69) is 10.1 Å². The van der Waals surface area contributed by atoms with Crippen LogP contribution in [0.25, 0.3) is 0 Å². The molecule has 0 saturated carbocycles. The number of methoxy groups -OCH3 is 1. The maximum atomic E-state index is 12.3. The van der Waals surface area contributed by atoms with E-state index in [4.69, 9.17) is 9.88 Å². The lowest BCUT2D eigenvalue weighted by Gasteiger charge is -2.11. The van der Waals surface area contributed by atoms with Gasteiger partial charge in [0, 0.05) is 12.1 Å². The molecule has 146 valence electrons. The summed E-state index contributed by atoms with van der Waals surface area (Å²) in [5.41, 5.74) is 1.03. The van der Waals surface area contributed by atoms with Crippen LogP contribution in [0.2, 0.25) is 0 Å². The average molecular weight is 400 g/mol. The molecular weight excluding hydrogens is 382 g/mol. The van der Waals surface area contributed by atoms with Gasteiger partial charge in [-0.25, -0.2) is 13.6 Å². The molecule has 0 fully saturated rings. The van der Waals surface area contributed by atoms with E-state index in [1.54, 1.807) is 12.1 Å². The fourth-order valence-corrected chi connectivity index (χ4v) is 2.79. The Morgan fingerprint density at radius 3 is 2.37 bits per heavy atom. The first-order valence-corrected chi connectivity index (χ1v) is 9.28. The minimum Gasteiger partial charge on any atom is -0.493 e. The lowest BCUT2D eigenvalue weighted by atomic mass is 10.1. The number of benzene rings is 2. The van der Waals surface area contributed by atoms with Crippen molar-refractivity contribution in [2.45, 2.75) is 17.9 Å². The third-order valence-corrected chi connectivity index (χ3v) is 4.52. The van der Waals surface area contributed by atoms with Crippen LogP contribution >= 0.6 is 0 Å². The zero-order valence-electron chi connectivity index (χ0n) is 14.3. The highest BCUT2D eigenvalue weighted by atomic mass is 32.2. The summed E-state index contributed by atoms with van der Waals surface area (Å²) < 4.78 is 56.3. The van der Waals surface area contributed by atoms with Gasteiger partial charge in [-0.05, 0) is 42.3 Å². The van der Waals surface area contributed by atoms with Crippen molar-refractivity contribution in [2.24, 2.45) is 5.14 Å². The van der Waals surface area contributed by atoms with E-state index < -0.39 is 22.5 Å². The molecule has 0 heterocycles. The Kier molecular flexibility index (Phi) is 6.70. The predicted octanol–water partition coefficient (Wildman–Crippen LogP) is 1.92. The maximum Gasteiger partial charge on any atom is 0.387 e. The van der Waals surface area contributed by atoms with Crippen LogP contribution < -0.4 is 19.9 Å². The second kappa shape index (κ2) is 8.78. The van der Waals surface area contributed by atoms with Gasteiger partial charge in [-0.3, -0.25) is 4.79 Å². The van der Waals surface area contributed by atoms with Gasteiger partial charge in [-0.1, -0.05) is 12.1 Å². The predicted molar refractivity (Wildman–Crippen MR) is 93.5 cm³/mol. The number of rotatable bonds is 8. The van der Waals surface area contributed by atoms with Crippen molar-refractivity contribution in [3.05, 3.63) is 53.6 Å². The first-order valence-electron chi connectivity index (χ1n) is 7.73. The summed E-state index contributed by atoms with van der Waals surface area (Å²) in [5, 5.41) is 7.70. The second-order valence-electron chi connectivity index (χ2n) is 5.44. The summed E-state index contributed by atoms with van der Waals surface area (Å²) in [5.74, 6) is -0.571. The first-order chi connectivity index (χ1) is 12.7. The molecule has 0 aliphatic rings. The highest BCUT2D eigenvalue weighted by Crippen LogP contribution is 2.29. The van der Waals surface area contributed by atoms with Crippen LogP contribution in [0.1, 0.15) is 15.9 Å². The van der Waals surface area contributed by atoms with Crippen LogP contribution in [-0.4, -0.2) is 34.6 Å². The number of amides is 1. The van der Waals surface area contributed by atoms with Crippen molar-refractivity contribution in [1.82, 2.24) is 5.32 Å². The summed E-state index contributed by atoms with van der Waals surface area (Å²) >= 11 is 0. The van der Waals surface area contributed by atoms with Crippen molar-refractivity contribution in [1.29, 1.82) is 0 Å². The van der Waals surface area contributed by atoms with E-state index in [0.29, 0.717) is 6.42 Å². The molecule has 2 rings (SSSR count). The number of primary sulfonamides is 1. The summed E-state index contributed by atoms with van der Waals surface area (Å²) in [4.78, 5) is 12.2. The summed E-state index contributed by atoms with van der Waals surface area (Å²) in [6.45, 7) is -2.72. The van der Waals surface area contributed by atoms with E-state index in [0.717, 1.165) is 5.56 Å². The number of nitrogens with one attached hydrogen (secondary N) is 1. The molecule has 3 N–H and O–H groups in total. The van der Waals surface area contributed by atoms with Gasteiger partial charge in [0.25, 0.3) is 5.91 Å². The van der Waals surface area contributed by atoms with Gasteiger partial charge in [-0.2, -0.15) is 8.78 Å². The highest BCUT2D eigenvalue weighted by Gasteiger charge is 2.14. The Balaban J connectivity index is 1.95. The van der Waals surface area contributed by atoms with Gasteiger partial charge >= 0.3 is 6.61 Å². The number of nitrogens with two attached hydrogens (primary N) is 1. The van der Waals surface area contributed by atoms with Crippen LogP contribution in [0, 0.1) is 0 Å². The van der Waals surface area contributed by atoms with E-state index in [9.17, 15) is 22.0 Å². The van der Waals surface area contributed by atoms with E-state index >= 15 is 0 Å². The Labute approximate surface area is 155 Å². The zero-order chi connectivity index (χ0) is 20.0. The molecule has 0 spiro atoms. The lowest BCUT2D eigenvalue weighted by molar-refractivity contribution is -0.0512. The fraction of sp³-hybridized carbons (Fsp3) is 0.235. The molecule has 0 unspecified atom stereocenters. The summed E-state index contributed by atoms with van der Waals surface area (Å²) in [6, 6.07) is 9.85. The Morgan fingerprint density at radius 2 is 1.81 bits per heavy atom. The topological polar surface area (TPSA) is 108 Å². The first kappa shape index (κ1) is 20.6. The van der Waals surface area contributed by atoms with Crippen molar-refractivity contribution < 1.29 is 31.5 Å². The Morgan fingerprint density at radius 1 is 1.15 bits per heavy atom. The monoisotopic (exact) mass is 400 g/mol. The van der Waals surface area contributed by atoms with Crippen LogP contribution in [0.4, 0.5) is 8.78 Å². The van der Waals surface area contributed by atoms with Crippen LogP contribution in [-0.2, 0) is 16.4 Å². The normalized spacial score (nSPS) is 11.3. The molecule has 2 aromatic rings. The number of hydrogen-bond acceptors (Lipinski definition) is 5. The Bertz CT molecular complexity index is 902. The molecule has 27 heavy (non-hydrogen) atoms. The van der Waals surface area contributed by atoms with Crippen molar-refractivity contribution in [3.63, 3.8) is 0 Å². The zero-order valence-corrected chi connectivity index (χ0v) is 15.1. The van der Waals surface area contributed by atoms with Gasteiger partial charge in [0.2, 0.25) is 10.0 Å².